The third-order valence-corrected chi connectivity index (χ3v) is 10.9. The van der Waals surface area contributed by atoms with E-state index in [4.69, 9.17) is 0 Å². The molecule has 1 amide bonds. The summed E-state index contributed by atoms with van der Waals surface area (Å²) in [5.41, 5.74) is 0.783. The summed E-state index contributed by atoms with van der Waals surface area (Å²) in [7, 11) is -7.16. The lowest BCUT2D eigenvalue weighted by Gasteiger charge is -2.31. The molecule has 0 aliphatic carbocycles. The normalized spacial score (nSPS) is 20.4. The second kappa shape index (κ2) is 11.1. The lowest BCUT2D eigenvalue weighted by Crippen LogP contribution is -2.45. The van der Waals surface area contributed by atoms with E-state index >= 15 is 0 Å². The third kappa shape index (κ3) is 6.14. The molecule has 0 radical (unpaired) electrons. The maximum absolute atomic E-state index is 13.0. The zero-order valence-electron chi connectivity index (χ0n) is 19.4. The topological polar surface area (TPSA) is 104 Å². The zero-order chi connectivity index (χ0) is 25.1. The van der Waals surface area contributed by atoms with E-state index in [2.05, 4.69) is 21.2 Å². The van der Waals surface area contributed by atoms with Gasteiger partial charge in [-0.25, -0.2) is 16.8 Å². The van der Waals surface area contributed by atoms with Gasteiger partial charge in [0.05, 0.1) is 15.7 Å². The maximum Gasteiger partial charge on any atom is 0.243 e. The molecule has 2 saturated heterocycles. The summed E-state index contributed by atoms with van der Waals surface area (Å²) < 4.78 is 55.3. The monoisotopic (exact) mass is 583 g/mol. The van der Waals surface area contributed by atoms with Crippen LogP contribution in [0.4, 0.5) is 0 Å². The van der Waals surface area contributed by atoms with Crippen molar-refractivity contribution < 1.29 is 21.6 Å². The Morgan fingerprint density at radius 3 is 1.97 bits per heavy atom. The second-order valence-electron chi connectivity index (χ2n) is 8.98. The molecule has 1 atom stereocenters. The number of benzene rings is 2. The fraction of sp³-hybridized carbons (Fsp3) is 0.458. The van der Waals surface area contributed by atoms with Crippen LogP contribution in [0.2, 0.25) is 0 Å². The molecule has 2 aromatic carbocycles. The molecule has 2 aliphatic rings. The summed E-state index contributed by atoms with van der Waals surface area (Å²) in [6, 6.07) is 13.1. The molecule has 1 N–H and O–H groups in total. The van der Waals surface area contributed by atoms with E-state index in [-0.39, 0.29) is 28.8 Å². The Labute approximate surface area is 215 Å². The molecule has 35 heavy (non-hydrogen) atoms. The van der Waals surface area contributed by atoms with Crippen molar-refractivity contribution in [1.29, 1.82) is 0 Å². The second-order valence-corrected chi connectivity index (χ2v) is 13.8. The smallest absolute Gasteiger partial charge is 0.243 e. The summed E-state index contributed by atoms with van der Waals surface area (Å²) in [6.45, 7) is 1.87. The molecule has 4 rings (SSSR count). The summed E-state index contributed by atoms with van der Waals surface area (Å²) in [4.78, 5) is 13.3. The van der Waals surface area contributed by atoms with Gasteiger partial charge in [0.15, 0.2) is 0 Å². The minimum absolute atomic E-state index is 0.136. The molecule has 0 unspecified atom stereocenters. The summed E-state index contributed by atoms with van der Waals surface area (Å²) in [5.74, 6) is -0.640. The van der Waals surface area contributed by atoms with E-state index in [9.17, 15) is 21.6 Å². The largest absolute Gasteiger partial charge is 0.352 e. The number of halogens is 1. The molecule has 190 valence electrons. The van der Waals surface area contributed by atoms with Gasteiger partial charge in [-0.15, -0.1) is 0 Å². The number of carbonyl (C=O) groups excluding carboxylic acids is 1. The molecular weight excluding hydrogens is 554 g/mol. The number of piperidine rings is 2. The van der Waals surface area contributed by atoms with Crippen LogP contribution in [0, 0.1) is 5.92 Å². The van der Waals surface area contributed by atoms with Gasteiger partial charge in [-0.3, -0.25) is 4.79 Å². The van der Waals surface area contributed by atoms with Gasteiger partial charge in [-0.05, 0) is 67.6 Å². The number of amides is 1. The van der Waals surface area contributed by atoms with Gasteiger partial charge < -0.3 is 5.32 Å². The van der Waals surface area contributed by atoms with E-state index in [1.165, 1.54) is 8.61 Å². The molecule has 0 saturated carbocycles. The van der Waals surface area contributed by atoms with Crippen molar-refractivity contribution in [3.8, 4) is 0 Å². The average molecular weight is 585 g/mol. The molecule has 2 aliphatic heterocycles. The van der Waals surface area contributed by atoms with Crippen molar-refractivity contribution >= 4 is 41.9 Å². The molecule has 8 nitrogen and oxygen atoms in total. The molecule has 11 heteroatoms. The van der Waals surface area contributed by atoms with Crippen LogP contribution >= 0.6 is 15.9 Å². The molecule has 0 spiro atoms. The van der Waals surface area contributed by atoms with Crippen LogP contribution in [0.15, 0.2) is 62.8 Å². The maximum atomic E-state index is 13.0. The highest BCUT2D eigenvalue weighted by atomic mass is 79.9. The van der Waals surface area contributed by atoms with Gasteiger partial charge in [0.1, 0.15) is 0 Å². The Morgan fingerprint density at radius 2 is 1.34 bits per heavy atom. The van der Waals surface area contributed by atoms with Crippen LogP contribution in [0.1, 0.15) is 37.7 Å². The van der Waals surface area contributed by atoms with E-state index in [0.29, 0.717) is 32.5 Å². The SMILES string of the molecule is O=C(NCc1ccc(S(=O)(=O)N2CCCCC2)cc1)[C@@H]1CCCN(S(=O)(=O)c2ccc(Br)cc2)C1. The minimum Gasteiger partial charge on any atom is -0.352 e. The lowest BCUT2D eigenvalue weighted by atomic mass is 9.99. The Kier molecular flexibility index (Phi) is 8.32. The Hall–Kier alpha value is -1.79. The van der Waals surface area contributed by atoms with Crippen LogP contribution < -0.4 is 5.32 Å². The molecule has 2 aromatic rings. The van der Waals surface area contributed by atoms with Crippen LogP contribution in [-0.2, 0) is 31.4 Å². The minimum atomic E-state index is -3.67. The van der Waals surface area contributed by atoms with Crippen molar-refractivity contribution in [2.45, 2.75) is 48.4 Å². The average Bonchev–Trinajstić information content (AvgIpc) is 2.88. The van der Waals surface area contributed by atoms with Crippen molar-refractivity contribution in [3.63, 3.8) is 0 Å². The first-order valence-corrected chi connectivity index (χ1v) is 15.5. The Morgan fingerprint density at radius 1 is 0.800 bits per heavy atom. The van der Waals surface area contributed by atoms with E-state index in [1.807, 2.05) is 0 Å². The van der Waals surface area contributed by atoms with Crippen LogP contribution in [0.25, 0.3) is 0 Å². The van der Waals surface area contributed by atoms with Crippen molar-refractivity contribution in [2.24, 2.45) is 5.92 Å². The van der Waals surface area contributed by atoms with Crippen molar-refractivity contribution in [3.05, 3.63) is 58.6 Å². The zero-order valence-corrected chi connectivity index (χ0v) is 22.6. The van der Waals surface area contributed by atoms with Crippen LogP contribution in [0.5, 0.6) is 0 Å². The highest BCUT2D eigenvalue weighted by Crippen LogP contribution is 2.25. The summed E-state index contributed by atoms with van der Waals surface area (Å²) in [5, 5.41) is 2.88. The van der Waals surface area contributed by atoms with Gasteiger partial charge in [-0.2, -0.15) is 8.61 Å². The summed E-state index contributed by atoms with van der Waals surface area (Å²) >= 11 is 3.31. The number of sulfonamides is 2. The van der Waals surface area contributed by atoms with Gasteiger partial charge >= 0.3 is 0 Å². The van der Waals surface area contributed by atoms with Crippen LogP contribution in [-0.4, -0.2) is 57.5 Å². The van der Waals surface area contributed by atoms with Gasteiger partial charge in [-0.1, -0.05) is 34.5 Å². The van der Waals surface area contributed by atoms with Gasteiger partial charge in [0.2, 0.25) is 26.0 Å². The summed E-state index contributed by atoms with van der Waals surface area (Å²) in [6.07, 6.45) is 4.04. The quantitative estimate of drug-likeness (QED) is 0.538. The molecule has 2 fully saturated rings. The number of rotatable bonds is 7. The lowest BCUT2D eigenvalue weighted by molar-refractivity contribution is -0.126. The van der Waals surface area contributed by atoms with E-state index in [1.54, 1.807) is 48.5 Å². The Bertz CT molecular complexity index is 1240. The van der Waals surface area contributed by atoms with E-state index < -0.39 is 26.0 Å². The first-order valence-electron chi connectivity index (χ1n) is 11.8. The van der Waals surface area contributed by atoms with E-state index in [0.717, 1.165) is 29.3 Å². The molecule has 2 heterocycles. The highest BCUT2D eigenvalue weighted by molar-refractivity contribution is 9.10. The molecule has 0 aromatic heterocycles. The third-order valence-electron chi connectivity index (χ3n) is 6.55. The van der Waals surface area contributed by atoms with Crippen LogP contribution in [0.3, 0.4) is 0 Å². The highest BCUT2D eigenvalue weighted by Gasteiger charge is 2.33. The predicted molar refractivity (Wildman–Crippen MR) is 137 cm³/mol. The first-order chi connectivity index (χ1) is 16.7. The number of nitrogens with zero attached hydrogens (tertiary/aromatic N) is 2. The van der Waals surface area contributed by atoms with Gasteiger partial charge in [0, 0.05) is 37.2 Å². The number of hydrogen-bond donors (Lipinski definition) is 1. The molecular formula is C24H30BrN3O5S2. The van der Waals surface area contributed by atoms with Crippen molar-refractivity contribution in [2.75, 3.05) is 26.2 Å². The predicted octanol–water partition coefficient (Wildman–Crippen LogP) is 3.34. The Balaban J connectivity index is 1.34. The van der Waals surface area contributed by atoms with Crippen molar-refractivity contribution in [1.82, 2.24) is 13.9 Å². The first kappa shape index (κ1) is 26.3. The number of hydrogen-bond acceptors (Lipinski definition) is 5. The fourth-order valence-electron chi connectivity index (χ4n) is 4.50. The standard InChI is InChI=1S/C24H30BrN3O5S2/c25-21-8-12-23(13-9-21)35(32,33)28-16-4-5-20(18-28)24(29)26-17-19-6-10-22(11-7-19)34(30,31)27-14-2-1-3-15-27/h6-13,20H,1-5,14-18H2,(H,26,29)/t20-/m1/s1. The molecule has 0 bridgehead atoms. The fourth-order valence-corrected chi connectivity index (χ4v) is 7.80. The number of carbonyl (C=O) groups is 1. The number of nitrogens with one attached hydrogen (secondary N) is 1. The van der Waals surface area contributed by atoms with Gasteiger partial charge in [0.25, 0.3) is 0 Å².